The molecule has 5 rings (SSSR count). The Labute approximate surface area is 241 Å². The summed E-state index contributed by atoms with van der Waals surface area (Å²) < 4.78 is 34.3. The molecule has 0 amide bonds. The molecule has 1 spiro atoms. The standard InChI is InChI=1S/C32H42O9/c1-22(33)38-26-18-25(40-32(19-26)20-30-28(41-32)14-15-31(35)39-30)17-24(34)11-9-7-5-3-2-4-6-8-10-23-12-13-27-29(16-23)37-21-36-27/h4,6,12-16,24-26,28,30,34H,2-3,5,7-11,17-21H2,1H3. The van der Waals surface area contributed by atoms with E-state index in [1.165, 1.54) is 18.6 Å². The topological polar surface area (TPSA) is 110 Å². The fraction of sp³-hybridized carbons (Fsp3) is 0.625. The van der Waals surface area contributed by atoms with Gasteiger partial charge in [-0.3, -0.25) is 4.79 Å². The zero-order valence-electron chi connectivity index (χ0n) is 23.8. The molecule has 0 aromatic heterocycles. The molecule has 224 valence electrons. The molecular weight excluding hydrogens is 528 g/mol. The summed E-state index contributed by atoms with van der Waals surface area (Å²) in [6.45, 7) is 1.70. The number of carbonyl (C=O) groups excluding carboxylic acids is 2. The van der Waals surface area contributed by atoms with Crippen LogP contribution in [0.4, 0.5) is 0 Å². The molecule has 4 aliphatic heterocycles. The average Bonchev–Trinajstić information content (AvgIpc) is 3.52. The molecule has 1 aromatic carbocycles. The Morgan fingerprint density at radius 2 is 1.93 bits per heavy atom. The number of aryl methyl sites for hydroxylation is 1. The first-order valence-corrected chi connectivity index (χ1v) is 15.0. The fourth-order valence-corrected chi connectivity index (χ4v) is 6.23. The Morgan fingerprint density at radius 1 is 1.10 bits per heavy atom. The number of ether oxygens (including phenoxy) is 6. The highest BCUT2D eigenvalue weighted by Gasteiger charge is 2.54. The number of hydrogen-bond acceptors (Lipinski definition) is 9. The van der Waals surface area contributed by atoms with Crippen molar-refractivity contribution in [3.63, 3.8) is 0 Å². The minimum Gasteiger partial charge on any atom is -0.462 e. The summed E-state index contributed by atoms with van der Waals surface area (Å²) in [5.74, 6) is -0.0768. The molecule has 0 saturated carbocycles. The summed E-state index contributed by atoms with van der Waals surface area (Å²) in [5.41, 5.74) is 1.25. The van der Waals surface area contributed by atoms with Crippen LogP contribution in [0.15, 0.2) is 42.5 Å². The molecule has 0 radical (unpaired) electrons. The van der Waals surface area contributed by atoms with E-state index in [1.54, 1.807) is 6.08 Å². The zero-order valence-corrected chi connectivity index (χ0v) is 23.8. The molecule has 1 aromatic rings. The van der Waals surface area contributed by atoms with Crippen molar-refractivity contribution in [3.8, 4) is 11.5 Å². The molecule has 1 N–H and O–H groups in total. The van der Waals surface area contributed by atoms with Gasteiger partial charge in [0.15, 0.2) is 17.3 Å². The molecule has 6 atom stereocenters. The van der Waals surface area contributed by atoms with Crippen molar-refractivity contribution in [2.24, 2.45) is 0 Å². The van der Waals surface area contributed by atoms with Crippen molar-refractivity contribution in [1.29, 1.82) is 0 Å². The van der Waals surface area contributed by atoms with Gasteiger partial charge in [-0.15, -0.1) is 0 Å². The van der Waals surface area contributed by atoms with E-state index in [0.29, 0.717) is 38.9 Å². The number of esters is 2. The van der Waals surface area contributed by atoms with Gasteiger partial charge in [0.1, 0.15) is 18.3 Å². The van der Waals surface area contributed by atoms with Gasteiger partial charge in [-0.1, -0.05) is 37.5 Å². The van der Waals surface area contributed by atoms with Gasteiger partial charge in [0.25, 0.3) is 0 Å². The first-order chi connectivity index (χ1) is 19.9. The molecular formula is C32H42O9. The highest BCUT2D eigenvalue weighted by molar-refractivity contribution is 5.83. The monoisotopic (exact) mass is 570 g/mol. The second kappa shape index (κ2) is 13.9. The van der Waals surface area contributed by atoms with Crippen molar-refractivity contribution >= 4 is 11.9 Å². The third-order valence-corrected chi connectivity index (χ3v) is 8.09. The van der Waals surface area contributed by atoms with Crippen molar-refractivity contribution in [1.82, 2.24) is 0 Å². The van der Waals surface area contributed by atoms with Crippen molar-refractivity contribution in [2.45, 2.75) is 120 Å². The fourth-order valence-electron chi connectivity index (χ4n) is 6.23. The van der Waals surface area contributed by atoms with Gasteiger partial charge in [0.05, 0.1) is 12.2 Å². The lowest BCUT2D eigenvalue weighted by Gasteiger charge is -2.41. The van der Waals surface area contributed by atoms with E-state index in [4.69, 9.17) is 28.4 Å². The van der Waals surface area contributed by atoms with Crippen LogP contribution in [-0.2, 0) is 35.0 Å². The Kier molecular flexibility index (Phi) is 10.0. The van der Waals surface area contributed by atoms with E-state index in [2.05, 4.69) is 24.3 Å². The summed E-state index contributed by atoms with van der Waals surface area (Å²) in [6, 6.07) is 6.13. The molecule has 2 saturated heterocycles. The van der Waals surface area contributed by atoms with Crippen LogP contribution in [0.3, 0.4) is 0 Å². The molecule has 0 aliphatic carbocycles. The first-order valence-electron chi connectivity index (χ1n) is 15.0. The molecule has 4 heterocycles. The van der Waals surface area contributed by atoms with Crippen molar-refractivity contribution in [2.75, 3.05) is 6.79 Å². The smallest absolute Gasteiger partial charge is 0.330 e. The minimum atomic E-state index is -0.995. The molecule has 9 heteroatoms. The third kappa shape index (κ3) is 8.33. The number of rotatable bonds is 13. The van der Waals surface area contributed by atoms with Crippen LogP contribution in [0.25, 0.3) is 0 Å². The molecule has 6 unspecified atom stereocenters. The van der Waals surface area contributed by atoms with Crippen molar-refractivity contribution in [3.05, 3.63) is 48.1 Å². The number of benzene rings is 1. The molecule has 0 bridgehead atoms. The summed E-state index contributed by atoms with van der Waals surface area (Å²) in [5, 5.41) is 10.8. The average molecular weight is 571 g/mol. The van der Waals surface area contributed by atoms with Crippen LogP contribution in [0, 0.1) is 0 Å². The SMILES string of the molecule is CC(=O)OC1CC(CC(O)CCCCCCC=CCCc2ccc3c(c2)OCO3)OC2(C1)CC1OC(=O)C=CC1O2. The number of carbonyl (C=O) groups is 2. The van der Waals surface area contributed by atoms with Gasteiger partial charge >= 0.3 is 11.9 Å². The zero-order chi connectivity index (χ0) is 28.7. The van der Waals surface area contributed by atoms with E-state index >= 15 is 0 Å². The Balaban J connectivity index is 0.968. The van der Waals surface area contributed by atoms with Crippen LogP contribution >= 0.6 is 0 Å². The lowest BCUT2D eigenvalue weighted by atomic mass is 9.91. The number of allylic oxidation sites excluding steroid dienone is 2. The minimum absolute atomic E-state index is 0.306. The van der Waals surface area contributed by atoms with Gasteiger partial charge in [-0.25, -0.2) is 4.79 Å². The van der Waals surface area contributed by atoms with Crippen LogP contribution < -0.4 is 9.47 Å². The lowest BCUT2D eigenvalue weighted by Crippen LogP contribution is -2.48. The largest absolute Gasteiger partial charge is 0.462 e. The quantitative estimate of drug-likeness (QED) is 0.197. The van der Waals surface area contributed by atoms with Gasteiger partial charge in [0, 0.05) is 32.3 Å². The summed E-state index contributed by atoms with van der Waals surface area (Å²) in [6.07, 6.45) is 15.3. The predicted molar refractivity (Wildman–Crippen MR) is 149 cm³/mol. The van der Waals surface area contributed by atoms with Gasteiger partial charge < -0.3 is 33.5 Å². The molecule has 41 heavy (non-hydrogen) atoms. The highest BCUT2D eigenvalue weighted by Crippen LogP contribution is 2.44. The Hall–Kier alpha value is -2.88. The number of aliphatic hydroxyl groups is 1. The third-order valence-electron chi connectivity index (χ3n) is 8.09. The normalized spacial score (nSPS) is 29.1. The maximum absolute atomic E-state index is 11.7. The van der Waals surface area contributed by atoms with Gasteiger partial charge in [-0.05, 0) is 62.3 Å². The highest BCUT2D eigenvalue weighted by atomic mass is 16.7. The summed E-state index contributed by atoms with van der Waals surface area (Å²) in [7, 11) is 0. The van der Waals surface area contributed by atoms with E-state index in [-0.39, 0.29) is 30.3 Å². The number of unbranched alkanes of at least 4 members (excludes halogenated alkanes) is 4. The number of fused-ring (bicyclic) bond motifs is 2. The Morgan fingerprint density at radius 3 is 2.80 bits per heavy atom. The van der Waals surface area contributed by atoms with E-state index in [1.807, 2.05) is 6.07 Å². The first kappa shape index (κ1) is 29.6. The molecule has 9 nitrogen and oxygen atoms in total. The maximum atomic E-state index is 11.7. The summed E-state index contributed by atoms with van der Waals surface area (Å²) in [4.78, 5) is 23.4. The van der Waals surface area contributed by atoms with Crippen LogP contribution in [0.5, 0.6) is 11.5 Å². The number of hydrogen-bond donors (Lipinski definition) is 1. The van der Waals surface area contributed by atoms with E-state index in [9.17, 15) is 14.7 Å². The second-order valence-corrected chi connectivity index (χ2v) is 11.5. The van der Waals surface area contributed by atoms with Gasteiger partial charge in [-0.2, -0.15) is 0 Å². The Bertz CT molecular complexity index is 1110. The maximum Gasteiger partial charge on any atom is 0.330 e. The number of aliphatic hydroxyl groups excluding tert-OH is 1. The van der Waals surface area contributed by atoms with Crippen molar-refractivity contribution < 1.29 is 43.1 Å². The van der Waals surface area contributed by atoms with E-state index in [0.717, 1.165) is 56.4 Å². The van der Waals surface area contributed by atoms with E-state index < -0.39 is 18.0 Å². The molecule has 2 fully saturated rings. The lowest BCUT2D eigenvalue weighted by molar-refractivity contribution is -0.286. The molecule has 4 aliphatic rings. The van der Waals surface area contributed by atoms with Crippen LogP contribution in [0.2, 0.25) is 0 Å². The van der Waals surface area contributed by atoms with Crippen LogP contribution in [-0.4, -0.2) is 60.1 Å². The second-order valence-electron chi connectivity index (χ2n) is 11.5. The van der Waals surface area contributed by atoms with Gasteiger partial charge in [0.2, 0.25) is 6.79 Å². The predicted octanol–water partition coefficient (Wildman–Crippen LogP) is 5.07. The van der Waals surface area contributed by atoms with Crippen LogP contribution in [0.1, 0.15) is 83.1 Å². The summed E-state index contributed by atoms with van der Waals surface area (Å²) >= 11 is 0.